The molecule has 3 heterocycles. The van der Waals surface area contributed by atoms with Crippen molar-refractivity contribution in [1.29, 1.82) is 0 Å². The quantitative estimate of drug-likeness (QED) is 0.196. The third kappa shape index (κ3) is 7.71. The molecule has 5 rings (SSSR count). The third-order valence-corrected chi connectivity index (χ3v) is 7.29. The highest BCUT2D eigenvalue weighted by molar-refractivity contribution is 6.02. The van der Waals surface area contributed by atoms with E-state index in [1.54, 1.807) is 54.4 Å². The summed E-state index contributed by atoms with van der Waals surface area (Å²) in [4.78, 5) is 31.3. The van der Waals surface area contributed by atoms with Crippen LogP contribution in [0.1, 0.15) is 18.0 Å². The number of hydroxylamine groups is 1. The summed E-state index contributed by atoms with van der Waals surface area (Å²) in [6, 6.07) is 11.3. The average molecular weight is 632 g/mol. The molecule has 2 aromatic heterocycles. The summed E-state index contributed by atoms with van der Waals surface area (Å²) in [6.07, 6.45) is 4.97. The molecule has 1 saturated heterocycles. The van der Waals surface area contributed by atoms with E-state index in [1.165, 1.54) is 24.5 Å². The number of ether oxygens (including phenoxy) is 2. The molecule has 0 aliphatic carbocycles. The zero-order valence-electron chi connectivity index (χ0n) is 26.5. The monoisotopic (exact) mass is 631 g/mol. The predicted octanol–water partition coefficient (Wildman–Crippen LogP) is 4.90. The molecule has 0 unspecified atom stereocenters. The largest absolute Gasteiger partial charge is 0.494 e. The van der Waals surface area contributed by atoms with Crippen molar-refractivity contribution in [2.45, 2.75) is 12.5 Å². The average Bonchev–Trinajstić information content (AvgIpc) is 3.69. The Morgan fingerprint density at radius 1 is 1.15 bits per heavy atom. The van der Waals surface area contributed by atoms with Gasteiger partial charge in [-0.1, -0.05) is 6.58 Å². The molecule has 0 saturated carbocycles. The zero-order chi connectivity index (χ0) is 32.8. The van der Waals surface area contributed by atoms with Crippen LogP contribution in [0.4, 0.5) is 33.1 Å². The van der Waals surface area contributed by atoms with Crippen molar-refractivity contribution < 1.29 is 23.5 Å². The summed E-state index contributed by atoms with van der Waals surface area (Å²) in [5, 5.41) is 12.0. The van der Waals surface area contributed by atoms with E-state index in [-0.39, 0.29) is 11.9 Å². The lowest BCUT2D eigenvalue weighted by molar-refractivity contribution is -0.111. The van der Waals surface area contributed by atoms with Crippen LogP contribution < -0.4 is 30.1 Å². The van der Waals surface area contributed by atoms with Crippen molar-refractivity contribution >= 4 is 34.6 Å². The Labute approximate surface area is 267 Å². The van der Waals surface area contributed by atoms with Crippen LogP contribution in [0.3, 0.4) is 0 Å². The highest BCUT2D eigenvalue weighted by Gasteiger charge is 2.30. The summed E-state index contributed by atoms with van der Waals surface area (Å²) in [7, 11) is 9.30. The van der Waals surface area contributed by atoms with Crippen LogP contribution in [-0.4, -0.2) is 78.5 Å². The molecule has 2 aromatic carbocycles. The number of hydrogen-bond acceptors (Lipinski definition) is 11. The molecule has 0 radical (unpaired) electrons. The molecule has 1 aliphatic rings. The number of methoxy groups -OCH3 is 1. The van der Waals surface area contributed by atoms with Crippen LogP contribution in [0.15, 0.2) is 67.6 Å². The number of benzene rings is 2. The second-order valence-electron chi connectivity index (χ2n) is 11.0. The first kappa shape index (κ1) is 32.2. The first-order valence-corrected chi connectivity index (χ1v) is 14.6. The van der Waals surface area contributed by atoms with Crippen LogP contribution in [0.25, 0.3) is 0 Å². The highest BCUT2D eigenvalue weighted by atomic mass is 19.1. The van der Waals surface area contributed by atoms with Gasteiger partial charge < -0.3 is 29.9 Å². The van der Waals surface area contributed by atoms with Gasteiger partial charge in [-0.15, -0.1) is 5.10 Å². The number of anilines is 5. The number of likely N-dealkylation sites (N-methyl/N-ethyl adjacent to an activating group) is 2. The van der Waals surface area contributed by atoms with Crippen LogP contribution in [0.2, 0.25) is 0 Å². The summed E-state index contributed by atoms with van der Waals surface area (Å²) >= 11 is 0. The standard InChI is InChI=1S/C32H38FN9O4/c1-7-31(43)37-24-17-25(28(44-6)18-27(24)40(4)12-11-39(2)3)36-29-19-30(35-20-34-29)42-26(9-13-45-42)21-14-22(33)16-23(15-21)46-32-8-10-41(5)38-32/h7-8,10,14-20,26H,1,9,11-13H2,2-6H3,(H,37,43)(H,34,35,36)/t26-/m1/s1. The molecule has 1 atom stereocenters. The minimum atomic E-state index is -0.442. The van der Waals surface area contributed by atoms with Gasteiger partial charge in [0.15, 0.2) is 5.82 Å². The highest BCUT2D eigenvalue weighted by Crippen LogP contribution is 2.40. The molecule has 14 heteroatoms. The predicted molar refractivity (Wildman–Crippen MR) is 174 cm³/mol. The Morgan fingerprint density at radius 2 is 1.98 bits per heavy atom. The van der Waals surface area contributed by atoms with Gasteiger partial charge in [0, 0.05) is 64.1 Å². The van der Waals surface area contributed by atoms with Gasteiger partial charge in [-0.05, 0) is 43.9 Å². The number of amides is 1. The number of carbonyl (C=O) groups excluding carboxylic acids is 1. The SMILES string of the molecule is C=CC(=O)Nc1cc(Nc2cc(N3OCC[C@@H]3c3cc(F)cc(Oc4ccn(C)n4)c3)ncn2)c(OC)cc1N(C)CCN(C)C. The van der Waals surface area contributed by atoms with E-state index >= 15 is 0 Å². The van der Waals surface area contributed by atoms with Crippen molar-refractivity contribution in [2.75, 3.05) is 68.5 Å². The molecular weight excluding hydrogens is 593 g/mol. The fourth-order valence-electron chi connectivity index (χ4n) is 4.98. The van der Waals surface area contributed by atoms with Gasteiger partial charge in [-0.25, -0.2) is 19.4 Å². The Morgan fingerprint density at radius 3 is 2.70 bits per heavy atom. The van der Waals surface area contributed by atoms with Gasteiger partial charge in [0.1, 0.15) is 29.5 Å². The maximum atomic E-state index is 14.7. The number of rotatable bonds is 13. The fourth-order valence-corrected chi connectivity index (χ4v) is 4.98. The molecule has 13 nitrogen and oxygen atoms in total. The normalized spacial score (nSPS) is 14.3. The van der Waals surface area contributed by atoms with Gasteiger partial charge in [0.25, 0.3) is 0 Å². The van der Waals surface area contributed by atoms with Gasteiger partial charge in [-0.2, -0.15) is 0 Å². The smallest absolute Gasteiger partial charge is 0.247 e. The second-order valence-corrected chi connectivity index (χ2v) is 11.0. The van der Waals surface area contributed by atoms with E-state index in [9.17, 15) is 9.18 Å². The number of aromatic nitrogens is 4. The van der Waals surface area contributed by atoms with E-state index in [1.807, 2.05) is 32.1 Å². The Bertz CT molecular complexity index is 1700. The van der Waals surface area contributed by atoms with Crippen LogP contribution in [-0.2, 0) is 16.7 Å². The molecule has 4 aromatic rings. The minimum Gasteiger partial charge on any atom is -0.494 e. The minimum absolute atomic E-state index is 0.327. The Balaban J connectivity index is 1.41. The number of halogens is 1. The first-order valence-electron chi connectivity index (χ1n) is 14.6. The summed E-state index contributed by atoms with van der Waals surface area (Å²) in [6.45, 7) is 5.52. The van der Waals surface area contributed by atoms with Crippen LogP contribution >= 0.6 is 0 Å². The van der Waals surface area contributed by atoms with Crippen molar-refractivity contribution in [3.8, 4) is 17.4 Å². The summed E-state index contributed by atoms with van der Waals surface area (Å²) in [5.74, 6) is 1.36. The maximum absolute atomic E-state index is 14.7. The van der Waals surface area contributed by atoms with Crippen molar-refractivity contribution in [3.05, 3.63) is 79.0 Å². The van der Waals surface area contributed by atoms with Crippen molar-refractivity contribution in [1.82, 2.24) is 24.6 Å². The molecule has 1 aliphatic heterocycles. The maximum Gasteiger partial charge on any atom is 0.247 e. The van der Waals surface area contributed by atoms with E-state index in [4.69, 9.17) is 14.3 Å². The lowest BCUT2D eigenvalue weighted by atomic mass is 10.0. The molecule has 46 heavy (non-hydrogen) atoms. The number of aryl methyl sites for hydroxylation is 1. The Kier molecular flexibility index (Phi) is 9.98. The van der Waals surface area contributed by atoms with E-state index < -0.39 is 5.82 Å². The Hall–Kier alpha value is -5.21. The number of nitrogens with one attached hydrogen (secondary N) is 2. The molecule has 1 fully saturated rings. The van der Waals surface area contributed by atoms with Crippen LogP contribution in [0, 0.1) is 5.82 Å². The molecule has 1 amide bonds. The number of nitrogens with zero attached hydrogens (tertiary/aromatic N) is 7. The lowest BCUT2D eigenvalue weighted by Gasteiger charge is -2.26. The second kappa shape index (κ2) is 14.3. The molecule has 242 valence electrons. The van der Waals surface area contributed by atoms with E-state index in [0.717, 1.165) is 12.2 Å². The first-order chi connectivity index (χ1) is 22.1. The van der Waals surface area contributed by atoms with Gasteiger partial charge >= 0.3 is 0 Å². The zero-order valence-corrected chi connectivity index (χ0v) is 26.5. The topological polar surface area (TPSA) is 122 Å². The van der Waals surface area contributed by atoms with Crippen molar-refractivity contribution in [3.63, 3.8) is 0 Å². The van der Waals surface area contributed by atoms with Crippen LogP contribution in [0.5, 0.6) is 17.4 Å². The van der Waals surface area contributed by atoms with Gasteiger partial charge in [0.05, 0.1) is 36.8 Å². The summed E-state index contributed by atoms with van der Waals surface area (Å²) < 4.78 is 27.9. The van der Waals surface area contributed by atoms with Crippen molar-refractivity contribution in [2.24, 2.45) is 7.05 Å². The third-order valence-electron chi connectivity index (χ3n) is 7.29. The van der Waals surface area contributed by atoms with Gasteiger partial charge in [0.2, 0.25) is 11.8 Å². The van der Waals surface area contributed by atoms with E-state index in [2.05, 4.69) is 37.2 Å². The number of hydrogen-bond donors (Lipinski definition) is 2. The lowest BCUT2D eigenvalue weighted by Crippen LogP contribution is -2.29. The van der Waals surface area contributed by atoms with Gasteiger partial charge in [-0.3, -0.25) is 14.3 Å². The van der Waals surface area contributed by atoms with E-state index in [0.29, 0.717) is 65.5 Å². The molecular formula is C32H38FN9O4. The molecule has 2 N–H and O–H groups in total. The molecule has 0 bridgehead atoms. The number of carbonyl (C=O) groups is 1. The fraction of sp³-hybridized carbons (Fsp3) is 0.312. The summed E-state index contributed by atoms with van der Waals surface area (Å²) in [5.41, 5.74) is 2.57. The molecule has 0 spiro atoms.